The summed E-state index contributed by atoms with van der Waals surface area (Å²) in [5.41, 5.74) is 0.950. The fourth-order valence-electron chi connectivity index (χ4n) is 1.75. The maximum atomic E-state index is 12.5. The van der Waals surface area contributed by atoms with Gasteiger partial charge in [0.15, 0.2) is 0 Å². The van der Waals surface area contributed by atoms with Crippen LogP contribution >= 0.6 is 0 Å². The van der Waals surface area contributed by atoms with Gasteiger partial charge in [0.25, 0.3) is 15.9 Å². The first-order chi connectivity index (χ1) is 10.4. The van der Waals surface area contributed by atoms with Crippen molar-refractivity contribution >= 4 is 27.3 Å². The number of rotatable bonds is 5. The molecule has 2 rings (SSSR count). The molecule has 0 aliphatic heterocycles. The van der Waals surface area contributed by atoms with Crippen LogP contribution < -0.4 is 10.0 Å². The second-order valence-electron chi connectivity index (χ2n) is 4.70. The molecule has 0 saturated carbocycles. The second kappa shape index (κ2) is 6.44. The topological polar surface area (TPSA) is 75.3 Å². The second-order valence-corrected chi connectivity index (χ2v) is 6.35. The molecule has 22 heavy (non-hydrogen) atoms. The number of benzene rings is 2. The Balaban J connectivity index is 2.35. The molecule has 0 aliphatic carbocycles. The van der Waals surface area contributed by atoms with E-state index in [1.54, 1.807) is 49.4 Å². The summed E-state index contributed by atoms with van der Waals surface area (Å²) in [6.07, 6.45) is 0. The van der Waals surface area contributed by atoms with Gasteiger partial charge in [-0.1, -0.05) is 36.9 Å². The Morgan fingerprint density at radius 2 is 1.59 bits per heavy atom. The highest BCUT2D eigenvalue weighted by molar-refractivity contribution is 7.92. The summed E-state index contributed by atoms with van der Waals surface area (Å²) in [5.74, 6) is -0.428. The van der Waals surface area contributed by atoms with Crippen molar-refractivity contribution in [1.29, 1.82) is 0 Å². The SMILES string of the molecule is C=C(C)C(=O)Nc1ccccc1S(=O)(=O)Nc1ccccc1. The Kier molecular flexibility index (Phi) is 4.62. The van der Waals surface area contributed by atoms with Crippen LogP contribution in [0.25, 0.3) is 0 Å². The quantitative estimate of drug-likeness (QED) is 0.833. The van der Waals surface area contributed by atoms with Crippen LogP contribution in [-0.2, 0) is 14.8 Å². The zero-order valence-electron chi connectivity index (χ0n) is 12.0. The highest BCUT2D eigenvalue weighted by Gasteiger charge is 2.19. The van der Waals surface area contributed by atoms with Crippen LogP contribution in [0.4, 0.5) is 11.4 Å². The van der Waals surface area contributed by atoms with Gasteiger partial charge in [0.05, 0.1) is 5.69 Å². The fraction of sp³-hybridized carbons (Fsp3) is 0.0625. The first-order valence-corrected chi connectivity index (χ1v) is 8.02. The van der Waals surface area contributed by atoms with E-state index in [4.69, 9.17) is 0 Å². The van der Waals surface area contributed by atoms with Crippen LogP contribution in [0.3, 0.4) is 0 Å². The number of para-hydroxylation sites is 2. The minimum Gasteiger partial charge on any atom is -0.321 e. The van der Waals surface area contributed by atoms with Gasteiger partial charge in [0.1, 0.15) is 4.90 Å². The molecule has 0 aromatic heterocycles. The van der Waals surface area contributed by atoms with E-state index in [0.717, 1.165) is 0 Å². The number of carbonyl (C=O) groups is 1. The van der Waals surface area contributed by atoms with Gasteiger partial charge in [-0.2, -0.15) is 0 Å². The lowest BCUT2D eigenvalue weighted by Crippen LogP contribution is -2.18. The number of carbonyl (C=O) groups excluding carboxylic acids is 1. The Morgan fingerprint density at radius 3 is 2.23 bits per heavy atom. The minimum absolute atomic E-state index is 0.00606. The molecule has 0 fully saturated rings. The summed E-state index contributed by atoms with van der Waals surface area (Å²) in [5, 5.41) is 2.54. The van der Waals surface area contributed by atoms with Gasteiger partial charge in [0.2, 0.25) is 0 Å². The smallest absolute Gasteiger partial charge is 0.263 e. The summed E-state index contributed by atoms with van der Waals surface area (Å²) in [6, 6.07) is 14.7. The third kappa shape index (κ3) is 3.73. The zero-order chi connectivity index (χ0) is 16.2. The molecule has 0 saturated heterocycles. The molecule has 114 valence electrons. The first-order valence-electron chi connectivity index (χ1n) is 6.54. The van der Waals surface area contributed by atoms with Gasteiger partial charge in [-0.05, 0) is 31.2 Å². The predicted molar refractivity (Wildman–Crippen MR) is 87.1 cm³/mol. The average Bonchev–Trinajstić information content (AvgIpc) is 2.48. The molecule has 2 N–H and O–H groups in total. The molecule has 0 unspecified atom stereocenters. The zero-order valence-corrected chi connectivity index (χ0v) is 12.9. The van der Waals surface area contributed by atoms with Crippen molar-refractivity contribution in [2.45, 2.75) is 11.8 Å². The molecule has 0 atom stereocenters. The predicted octanol–water partition coefficient (Wildman–Crippen LogP) is 3.00. The summed E-state index contributed by atoms with van der Waals surface area (Å²) < 4.78 is 27.5. The van der Waals surface area contributed by atoms with E-state index in [1.807, 2.05) is 0 Å². The molecule has 5 nitrogen and oxygen atoms in total. The highest BCUT2D eigenvalue weighted by Crippen LogP contribution is 2.23. The van der Waals surface area contributed by atoms with Crippen LogP contribution in [0, 0.1) is 0 Å². The highest BCUT2D eigenvalue weighted by atomic mass is 32.2. The maximum absolute atomic E-state index is 12.5. The number of hydrogen-bond acceptors (Lipinski definition) is 3. The molecule has 0 radical (unpaired) electrons. The maximum Gasteiger partial charge on any atom is 0.263 e. The number of hydrogen-bond donors (Lipinski definition) is 2. The fourth-order valence-corrected chi connectivity index (χ4v) is 2.97. The summed E-state index contributed by atoms with van der Waals surface area (Å²) >= 11 is 0. The minimum atomic E-state index is -3.81. The molecule has 2 aromatic carbocycles. The average molecular weight is 316 g/mol. The molecular formula is C16H16N2O3S. The number of nitrogens with one attached hydrogen (secondary N) is 2. The van der Waals surface area contributed by atoms with Crippen molar-refractivity contribution in [3.05, 3.63) is 66.7 Å². The summed E-state index contributed by atoms with van der Waals surface area (Å²) in [4.78, 5) is 11.7. The van der Waals surface area contributed by atoms with Crippen LogP contribution in [0.5, 0.6) is 0 Å². The van der Waals surface area contributed by atoms with Gasteiger partial charge < -0.3 is 5.32 Å². The van der Waals surface area contributed by atoms with E-state index >= 15 is 0 Å². The van der Waals surface area contributed by atoms with Crippen molar-refractivity contribution < 1.29 is 13.2 Å². The third-order valence-electron chi connectivity index (χ3n) is 2.84. The van der Waals surface area contributed by atoms with Crippen molar-refractivity contribution in [2.24, 2.45) is 0 Å². The number of sulfonamides is 1. The van der Waals surface area contributed by atoms with E-state index in [0.29, 0.717) is 11.3 Å². The number of amides is 1. The molecule has 0 bridgehead atoms. The molecule has 0 heterocycles. The van der Waals surface area contributed by atoms with Crippen LogP contribution in [0.2, 0.25) is 0 Å². The van der Waals surface area contributed by atoms with Gasteiger partial charge >= 0.3 is 0 Å². The Morgan fingerprint density at radius 1 is 1.00 bits per heavy atom. The molecular weight excluding hydrogens is 300 g/mol. The van der Waals surface area contributed by atoms with E-state index in [9.17, 15) is 13.2 Å². The van der Waals surface area contributed by atoms with Gasteiger partial charge in [-0.15, -0.1) is 0 Å². The Bertz CT molecular complexity index is 799. The largest absolute Gasteiger partial charge is 0.321 e. The van der Waals surface area contributed by atoms with E-state index in [1.165, 1.54) is 12.1 Å². The summed E-state index contributed by atoms with van der Waals surface area (Å²) in [7, 11) is -3.81. The van der Waals surface area contributed by atoms with Gasteiger partial charge in [-0.3, -0.25) is 9.52 Å². The van der Waals surface area contributed by atoms with Crippen molar-refractivity contribution in [3.63, 3.8) is 0 Å². The molecule has 2 aromatic rings. The van der Waals surface area contributed by atoms with Crippen molar-refractivity contribution in [3.8, 4) is 0 Å². The lowest BCUT2D eigenvalue weighted by Gasteiger charge is -2.13. The molecule has 6 heteroatoms. The van der Waals surface area contributed by atoms with Gasteiger partial charge in [-0.25, -0.2) is 8.42 Å². The monoisotopic (exact) mass is 316 g/mol. The Labute approximate surface area is 129 Å². The van der Waals surface area contributed by atoms with Crippen molar-refractivity contribution in [1.82, 2.24) is 0 Å². The van der Waals surface area contributed by atoms with Crippen molar-refractivity contribution in [2.75, 3.05) is 10.0 Å². The molecule has 0 spiro atoms. The van der Waals surface area contributed by atoms with E-state index in [2.05, 4.69) is 16.6 Å². The lowest BCUT2D eigenvalue weighted by atomic mass is 10.3. The normalized spacial score (nSPS) is 10.8. The van der Waals surface area contributed by atoms with Crippen LogP contribution in [0.1, 0.15) is 6.92 Å². The van der Waals surface area contributed by atoms with E-state index in [-0.39, 0.29) is 10.6 Å². The van der Waals surface area contributed by atoms with Crippen LogP contribution in [0.15, 0.2) is 71.6 Å². The standard InChI is InChI=1S/C16H16N2O3S/c1-12(2)16(19)17-14-10-6-7-11-15(14)22(20,21)18-13-8-4-3-5-9-13/h3-11,18H,1H2,2H3,(H,17,19). The van der Waals surface area contributed by atoms with Crippen LogP contribution in [-0.4, -0.2) is 14.3 Å². The number of anilines is 2. The third-order valence-corrected chi connectivity index (χ3v) is 4.28. The Hall–Kier alpha value is -2.60. The van der Waals surface area contributed by atoms with Gasteiger partial charge in [0, 0.05) is 11.3 Å². The molecule has 1 amide bonds. The lowest BCUT2D eigenvalue weighted by molar-refractivity contribution is -0.112. The first kappa shape index (κ1) is 15.8. The molecule has 0 aliphatic rings. The summed E-state index contributed by atoms with van der Waals surface area (Å²) in [6.45, 7) is 5.08. The van der Waals surface area contributed by atoms with E-state index < -0.39 is 15.9 Å².